The largest absolute Gasteiger partial charge is 0.465 e. The van der Waals surface area contributed by atoms with Crippen LogP contribution in [0.15, 0.2) is 17.6 Å². The quantitative estimate of drug-likeness (QED) is 0.738. The van der Waals surface area contributed by atoms with Crippen molar-refractivity contribution < 1.29 is 27.8 Å². The Morgan fingerprint density at radius 3 is 2.67 bits per heavy atom. The molecule has 0 radical (unpaired) electrons. The Balaban J connectivity index is 1.81. The van der Waals surface area contributed by atoms with E-state index in [1.165, 1.54) is 16.8 Å². The zero-order valence-corrected chi connectivity index (χ0v) is 14.0. The van der Waals surface area contributed by atoms with Crippen molar-refractivity contribution in [3.63, 3.8) is 0 Å². The first-order valence-electron chi connectivity index (χ1n) is 7.58. The van der Waals surface area contributed by atoms with Gasteiger partial charge in [-0.15, -0.1) is 0 Å². The highest BCUT2D eigenvalue weighted by Gasteiger charge is 2.45. The van der Waals surface area contributed by atoms with Crippen LogP contribution in [0.5, 0.6) is 0 Å². The van der Waals surface area contributed by atoms with E-state index in [4.69, 9.17) is 14.6 Å². The molecule has 3 rings (SSSR count). The Labute approximate surface area is 139 Å². The molecule has 0 unspecified atom stereocenters. The maximum Gasteiger partial charge on any atom is 0.404 e. The number of hydrogen-bond donors (Lipinski definition) is 2. The lowest BCUT2D eigenvalue weighted by Crippen LogP contribution is -2.46. The number of nitrogens with one attached hydrogen (secondary N) is 1. The molecule has 2 aliphatic rings. The second-order valence-electron chi connectivity index (χ2n) is 5.88. The molecule has 1 aromatic heterocycles. The highest BCUT2D eigenvalue weighted by molar-refractivity contribution is 7.89. The minimum Gasteiger partial charge on any atom is -0.465 e. The molecule has 3 heterocycles. The molecule has 2 atom stereocenters. The van der Waals surface area contributed by atoms with Crippen molar-refractivity contribution in [2.75, 3.05) is 26.3 Å². The minimum absolute atomic E-state index is 0.0130. The number of hydrogen-bond acceptors (Lipinski definition) is 6. The van der Waals surface area contributed by atoms with Gasteiger partial charge in [0.1, 0.15) is 0 Å². The minimum atomic E-state index is -3.80. The molecule has 2 fully saturated rings. The third kappa shape index (κ3) is 3.38. The molecular formula is C13H20N4O6S. The van der Waals surface area contributed by atoms with Gasteiger partial charge < -0.3 is 24.5 Å². The first-order chi connectivity index (χ1) is 11.4. The molecule has 0 aliphatic carbocycles. The Hall–Kier alpha value is -1.69. The van der Waals surface area contributed by atoms with E-state index in [2.05, 4.69) is 10.3 Å². The summed E-state index contributed by atoms with van der Waals surface area (Å²) in [6, 6.07) is -0.607. The molecule has 11 heteroatoms. The summed E-state index contributed by atoms with van der Waals surface area (Å²) >= 11 is 0. The highest BCUT2D eigenvalue weighted by Crippen LogP contribution is 2.29. The molecule has 0 spiro atoms. The third-order valence-corrected chi connectivity index (χ3v) is 5.85. The van der Waals surface area contributed by atoms with Gasteiger partial charge in [0.05, 0.1) is 25.6 Å². The lowest BCUT2D eigenvalue weighted by molar-refractivity contribution is -0.204. The van der Waals surface area contributed by atoms with E-state index in [0.717, 1.165) is 6.42 Å². The van der Waals surface area contributed by atoms with E-state index < -0.39 is 34.4 Å². The molecule has 1 amide bonds. The fraction of sp³-hybridized carbons (Fsp3) is 0.692. The summed E-state index contributed by atoms with van der Waals surface area (Å²) < 4.78 is 39.3. The van der Waals surface area contributed by atoms with Gasteiger partial charge in [0, 0.05) is 32.3 Å². The fourth-order valence-electron chi connectivity index (χ4n) is 2.98. The number of aromatic nitrogens is 2. The number of nitrogens with zero attached hydrogens (tertiary/aromatic N) is 3. The molecule has 24 heavy (non-hydrogen) atoms. The first-order valence-corrected chi connectivity index (χ1v) is 9.02. The van der Waals surface area contributed by atoms with Crippen LogP contribution in [-0.4, -0.2) is 72.1 Å². The molecular weight excluding hydrogens is 340 g/mol. The maximum absolute atomic E-state index is 12.7. The number of amides is 1. The van der Waals surface area contributed by atoms with E-state index in [0.29, 0.717) is 13.2 Å². The Kier molecular flexibility index (Phi) is 4.76. The van der Waals surface area contributed by atoms with Crippen LogP contribution in [0.2, 0.25) is 0 Å². The van der Waals surface area contributed by atoms with Crippen LogP contribution in [-0.2, 0) is 26.5 Å². The van der Waals surface area contributed by atoms with Crippen LogP contribution in [0.3, 0.4) is 0 Å². The third-order valence-electron chi connectivity index (χ3n) is 4.13. The predicted octanol–water partition coefficient (Wildman–Crippen LogP) is -0.560. The van der Waals surface area contributed by atoms with Crippen molar-refractivity contribution in [2.45, 2.75) is 23.8 Å². The van der Waals surface area contributed by atoms with Crippen molar-refractivity contribution in [3.8, 4) is 0 Å². The van der Waals surface area contributed by atoms with Crippen LogP contribution in [0, 0.1) is 5.92 Å². The summed E-state index contributed by atoms with van der Waals surface area (Å²) in [6.07, 6.45) is 1.74. The van der Waals surface area contributed by atoms with Crippen LogP contribution in [0.1, 0.15) is 6.42 Å². The van der Waals surface area contributed by atoms with E-state index in [9.17, 15) is 13.2 Å². The number of carbonyl (C=O) groups is 1. The summed E-state index contributed by atoms with van der Waals surface area (Å²) in [5, 5.41) is 11.3. The van der Waals surface area contributed by atoms with E-state index in [1.54, 1.807) is 11.6 Å². The lowest BCUT2D eigenvalue weighted by Gasteiger charge is -2.30. The molecule has 2 saturated heterocycles. The SMILES string of the molecule is Cn1cnc(S(=O)(=O)N2C[C@H](NC(=O)O)[C@H](C3OCCCO3)C2)c1. The second kappa shape index (κ2) is 6.67. The number of imidazole rings is 1. The van der Waals surface area contributed by atoms with Gasteiger partial charge in [-0.2, -0.15) is 4.31 Å². The van der Waals surface area contributed by atoms with E-state index in [1.807, 2.05) is 0 Å². The summed E-state index contributed by atoms with van der Waals surface area (Å²) in [4.78, 5) is 14.9. The van der Waals surface area contributed by atoms with Crippen molar-refractivity contribution in [1.29, 1.82) is 0 Å². The highest BCUT2D eigenvalue weighted by atomic mass is 32.2. The van der Waals surface area contributed by atoms with Crippen LogP contribution < -0.4 is 5.32 Å². The van der Waals surface area contributed by atoms with Gasteiger partial charge in [0.15, 0.2) is 11.3 Å². The van der Waals surface area contributed by atoms with Gasteiger partial charge in [-0.05, 0) is 6.42 Å². The lowest BCUT2D eigenvalue weighted by atomic mass is 10.0. The van der Waals surface area contributed by atoms with Crippen LogP contribution in [0.25, 0.3) is 0 Å². The normalized spacial score (nSPS) is 26.5. The number of carboxylic acid groups (broad SMARTS) is 1. The Morgan fingerprint density at radius 1 is 1.38 bits per heavy atom. The summed E-state index contributed by atoms with van der Waals surface area (Å²) in [5.41, 5.74) is 0. The standard InChI is InChI=1S/C13H20N4O6S/c1-16-7-11(14-8-16)24(20,21)17-5-9(10(6-17)15-13(18)19)12-22-3-2-4-23-12/h7-10,12,15H,2-6H2,1H3,(H,18,19)/t9-,10+/m1/s1. The first kappa shape index (κ1) is 17.1. The summed E-state index contributed by atoms with van der Waals surface area (Å²) in [6.45, 7) is 1.13. The molecule has 2 N–H and O–H groups in total. The van der Waals surface area contributed by atoms with Crippen molar-refractivity contribution in [2.24, 2.45) is 13.0 Å². The Morgan fingerprint density at radius 2 is 2.08 bits per heavy atom. The zero-order chi connectivity index (χ0) is 17.3. The number of rotatable bonds is 4. The number of sulfonamides is 1. The molecule has 0 aromatic carbocycles. The van der Waals surface area contributed by atoms with Crippen molar-refractivity contribution in [1.82, 2.24) is 19.2 Å². The maximum atomic E-state index is 12.7. The van der Waals surface area contributed by atoms with Gasteiger partial charge in [-0.1, -0.05) is 0 Å². The van der Waals surface area contributed by atoms with Crippen LogP contribution in [0.4, 0.5) is 4.79 Å². The van der Waals surface area contributed by atoms with E-state index >= 15 is 0 Å². The zero-order valence-electron chi connectivity index (χ0n) is 13.2. The Bertz CT molecular complexity index is 699. The molecule has 134 valence electrons. The molecule has 0 saturated carbocycles. The smallest absolute Gasteiger partial charge is 0.404 e. The molecule has 1 aromatic rings. The van der Waals surface area contributed by atoms with Gasteiger partial charge >= 0.3 is 6.09 Å². The number of ether oxygens (including phenoxy) is 2. The van der Waals surface area contributed by atoms with Gasteiger partial charge in [0.2, 0.25) is 0 Å². The van der Waals surface area contributed by atoms with Gasteiger partial charge in [0.25, 0.3) is 10.0 Å². The molecule has 0 bridgehead atoms. The van der Waals surface area contributed by atoms with Gasteiger partial charge in [-0.25, -0.2) is 18.2 Å². The van der Waals surface area contributed by atoms with Crippen molar-refractivity contribution >= 4 is 16.1 Å². The fourth-order valence-corrected chi connectivity index (χ4v) is 4.45. The summed E-state index contributed by atoms with van der Waals surface area (Å²) in [7, 11) is -2.12. The van der Waals surface area contributed by atoms with Gasteiger partial charge in [-0.3, -0.25) is 0 Å². The monoisotopic (exact) mass is 360 g/mol. The topological polar surface area (TPSA) is 123 Å². The average Bonchev–Trinajstić information content (AvgIpc) is 3.15. The average molecular weight is 360 g/mol. The van der Waals surface area contributed by atoms with E-state index in [-0.39, 0.29) is 18.1 Å². The number of aryl methyl sites for hydroxylation is 1. The van der Waals surface area contributed by atoms with Crippen molar-refractivity contribution in [3.05, 3.63) is 12.5 Å². The predicted molar refractivity (Wildman–Crippen MR) is 80.7 cm³/mol. The molecule has 10 nitrogen and oxygen atoms in total. The molecule has 2 aliphatic heterocycles. The second-order valence-corrected chi connectivity index (χ2v) is 7.77. The summed E-state index contributed by atoms with van der Waals surface area (Å²) in [5.74, 6) is -0.417. The van der Waals surface area contributed by atoms with Crippen LogP contribution >= 0.6 is 0 Å².